The zero-order valence-corrected chi connectivity index (χ0v) is 31.7. The first-order chi connectivity index (χ1) is 25.6. The van der Waals surface area contributed by atoms with Gasteiger partial charge in [0, 0.05) is 42.7 Å². The Morgan fingerprint density at radius 2 is 1.48 bits per heavy atom. The Morgan fingerprint density at radius 1 is 0.815 bits per heavy atom. The molecule has 1 aliphatic carbocycles. The number of hydrogen-bond donors (Lipinski definition) is 3. The molecule has 6 rings (SSSR count). The van der Waals surface area contributed by atoms with Gasteiger partial charge in [0.15, 0.2) is 6.29 Å². The molecule has 3 heterocycles. The number of ether oxygens (including phenoxy) is 2. The van der Waals surface area contributed by atoms with E-state index in [4.69, 9.17) is 9.47 Å². The molecule has 0 radical (unpaired) electrons. The van der Waals surface area contributed by atoms with Gasteiger partial charge in [0.1, 0.15) is 6.04 Å². The highest BCUT2D eigenvalue weighted by molar-refractivity contribution is 5.90. The van der Waals surface area contributed by atoms with Crippen LogP contribution in [0, 0.1) is 11.8 Å². The van der Waals surface area contributed by atoms with Gasteiger partial charge in [-0.3, -0.25) is 19.3 Å². The van der Waals surface area contributed by atoms with Crippen molar-refractivity contribution in [3.05, 3.63) is 70.8 Å². The van der Waals surface area contributed by atoms with E-state index in [1.165, 1.54) is 12.8 Å². The molecule has 1 saturated carbocycles. The molecule has 3 amide bonds. The molecule has 0 bridgehead atoms. The van der Waals surface area contributed by atoms with E-state index in [1.54, 1.807) is 0 Å². The molecule has 0 spiro atoms. The first kappa shape index (κ1) is 40.2. The third kappa shape index (κ3) is 9.29. The van der Waals surface area contributed by atoms with Crippen molar-refractivity contribution in [2.24, 2.45) is 11.8 Å². The van der Waals surface area contributed by atoms with Crippen LogP contribution in [-0.2, 0) is 37.0 Å². The standard InChI is InChI=1S/C41H55F3N4O6/c1-25-34(23-48-31-9-6-5-8-28(31)19-20-33(48)37(51)46-40(2,3)4)53-38(54-35(25)29-15-13-27(24-49)14-16-29)30-17-11-26(12-18-30)22-45-36(50)32-10-7-21-47(32)39(52)41(42,43)44/h11-18,25,28,31-35,38,49H,5-10,19-24H2,1-4H3,(H,45,50)(H,46,51)/t25-,28+,31+,32-,33+,34+,35+,38+/m0/s1. The zero-order valence-electron chi connectivity index (χ0n) is 31.7. The van der Waals surface area contributed by atoms with Gasteiger partial charge in [0.2, 0.25) is 11.8 Å². The Hall–Kier alpha value is -3.52. The molecule has 296 valence electrons. The van der Waals surface area contributed by atoms with Crippen LogP contribution in [0.5, 0.6) is 0 Å². The van der Waals surface area contributed by atoms with Crippen LogP contribution in [0.15, 0.2) is 48.5 Å². The summed E-state index contributed by atoms with van der Waals surface area (Å²) < 4.78 is 52.8. The van der Waals surface area contributed by atoms with Gasteiger partial charge in [0.05, 0.1) is 24.9 Å². The monoisotopic (exact) mass is 756 g/mol. The number of carbonyl (C=O) groups excluding carboxylic acids is 3. The molecule has 13 heteroatoms. The summed E-state index contributed by atoms with van der Waals surface area (Å²) in [6, 6.07) is 14.0. The minimum Gasteiger partial charge on any atom is -0.392 e. The number of rotatable bonds is 9. The van der Waals surface area contributed by atoms with Gasteiger partial charge in [-0.1, -0.05) is 68.3 Å². The van der Waals surface area contributed by atoms with Gasteiger partial charge in [-0.25, -0.2) is 0 Å². The molecule has 3 saturated heterocycles. The number of amides is 3. The SMILES string of the molecule is C[C@H]1[C@@H](CN2[C@@H](C(=O)NC(C)(C)C)CC[C@H]3CCCC[C@H]32)O[C@@H](c2ccc(CNC(=O)[C@@H]3CCCN3C(=O)C(F)(F)F)cc2)O[C@H]1c1ccc(CO)cc1. The minimum absolute atomic E-state index is 0.0502. The van der Waals surface area contributed by atoms with Gasteiger partial charge in [-0.2, -0.15) is 13.2 Å². The van der Waals surface area contributed by atoms with Crippen molar-refractivity contribution in [1.82, 2.24) is 20.4 Å². The second kappa shape index (κ2) is 16.7. The second-order valence-electron chi connectivity index (χ2n) is 16.6. The fourth-order valence-corrected chi connectivity index (χ4v) is 8.81. The maximum atomic E-state index is 13.8. The first-order valence-corrected chi connectivity index (χ1v) is 19.5. The molecule has 0 aromatic heterocycles. The minimum atomic E-state index is -5.03. The van der Waals surface area contributed by atoms with Crippen LogP contribution in [0.2, 0.25) is 0 Å². The van der Waals surface area contributed by atoms with Crippen molar-refractivity contribution in [1.29, 1.82) is 0 Å². The molecule has 4 fully saturated rings. The van der Waals surface area contributed by atoms with E-state index in [0.29, 0.717) is 29.8 Å². The van der Waals surface area contributed by atoms with E-state index >= 15 is 0 Å². The van der Waals surface area contributed by atoms with Crippen LogP contribution < -0.4 is 10.6 Å². The zero-order chi connectivity index (χ0) is 38.8. The number of nitrogens with zero attached hydrogens (tertiary/aromatic N) is 2. The second-order valence-corrected chi connectivity index (χ2v) is 16.6. The summed E-state index contributed by atoms with van der Waals surface area (Å²) in [5, 5.41) is 15.6. The highest BCUT2D eigenvalue weighted by Crippen LogP contribution is 2.44. The number of nitrogens with one attached hydrogen (secondary N) is 2. The fraction of sp³-hybridized carbons (Fsp3) is 0.634. The molecule has 3 aliphatic heterocycles. The van der Waals surface area contributed by atoms with Crippen LogP contribution in [0.4, 0.5) is 13.2 Å². The fourth-order valence-electron chi connectivity index (χ4n) is 8.81. The van der Waals surface area contributed by atoms with Crippen molar-refractivity contribution in [2.45, 2.75) is 141 Å². The van der Waals surface area contributed by atoms with E-state index in [1.807, 2.05) is 69.3 Å². The third-order valence-electron chi connectivity index (χ3n) is 11.6. The molecule has 54 heavy (non-hydrogen) atoms. The Labute approximate surface area is 316 Å². The Balaban J connectivity index is 1.21. The molecular weight excluding hydrogens is 701 g/mol. The van der Waals surface area contributed by atoms with Crippen molar-refractivity contribution in [3.8, 4) is 0 Å². The summed E-state index contributed by atoms with van der Waals surface area (Å²) in [5.74, 6) is -2.10. The molecule has 0 unspecified atom stereocenters. The number of piperidine rings is 1. The molecule has 8 atom stereocenters. The average Bonchev–Trinajstić information content (AvgIpc) is 3.64. The third-order valence-corrected chi connectivity index (χ3v) is 11.6. The lowest BCUT2D eigenvalue weighted by molar-refractivity contribution is -0.278. The van der Waals surface area contributed by atoms with Crippen LogP contribution in [0.1, 0.15) is 114 Å². The largest absolute Gasteiger partial charge is 0.471 e. The van der Waals surface area contributed by atoms with Crippen molar-refractivity contribution in [2.75, 3.05) is 13.1 Å². The number of carbonyl (C=O) groups is 3. The molecule has 2 aromatic rings. The lowest BCUT2D eigenvalue weighted by atomic mass is 9.75. The molecule has 10 nitrogen and oxygen atoms in total. The number of halogens is 3. The maximum Gasteiger partial charge on any atom is 0.471 e. The van der Waals surface area contributed by atoms with E-state index in [2.05, 4.69) is 22.5 Å². The number of aliphatic hydroxyl groups is 1. The van der Waals surface area contributed by atoms with Gasteiger partial charge in [-0.05, 0) is 81.9 Å². The Bertz CT molecular complexity index is 1610. The molecule has 4 aliphatic rings. The number of benzene rings is 2. The van der Waals surface area contributed by atoms with E-state index < -0.39 is 30.3 Å². The van der Waals surface area contributed by atoms with Crippen LogP contribution in [0.25, 0.3) is 0 Å². The number of likely N-dealkylation sites (tertiary alicyclic amines) is 2. The smallest absolute Gasteiger partial charge is 0.392 e. The normalized spacial score (nSPS) is 29.4. The lowest BCUT2D eigenvalue weighted by Crippen LogP contribution is -2.61. The molecule has 3 N–H and O–H groups in total. The van der Waals surface area contributed by atoms with Crippen LogP contribution in [-0.4, -0.2) is 81.7 Å². The van der Waals surface area contributed by atoms with Crippen LogP contribution >= 0.6 is 0 Å². The number of hydrogen-bond acceptors (Lipinski definition) is 7. The van der Waals surface area contributed by atoms with Gasteiger partial charge < -0.3 is 30.1 Å². The summed E-state index contributed by atoms with van der Waals surface area (Å²) >= 11 is 0. The molecule has 2 aromatic carbocycles. The summed E-state index contributed by atoms with van der Waals surface area (Å²) in [5.41, 5.74) is 2.88. The highest BCUT2D eigenvalue weighted by Gasteiger charge is 2.48. The van der Waals surface area contributed by atoms with Crippen molar-refractivity contribution in [3.63, 3.8) is 0 Å². The van der Waals surface area contributed by atoms with Gasteiger partial charge in [0.25, 0.3) is 0 Å². The van der Waals surface area contributed by atoms with E-state index in [-0.39, 0.29) is 61.7 Å². The first-order valence-electron chi connectivity index (χ1n) is 19.5. The summed E-state index contributed by atoms with van der Waals surface area (Å²) in [6.45, 7) is 8.60. The topological polar surface area (TPSA) is 120 Å². The van der Waals surface area contributed by atoms with Crippen molar-refractivity contribution >= 4 is 17.7 Å². The van der Waals surface area contributed by atoms with E-state index in [0.717, 1.165) is 47.9 Å². The quantitative estimate of drug-likeness (QED) is 0.284. The predicted octanol–water partition coefficient (Wildman–Crippen LogP) is 6.08. The average molecular weight is 757 g/mol. The number of aliphatic hydroxyl groups excluding tert-OH is 1. The summed E-state index contributed by atoms with van der Waals surface area (Å²) in [7, 11) is 0. The van der Waals surface area contributed by atoms with Gasteiger partial charge in [-0.15, -0.1) is 0 Å². The summed E-state index contributed by atoms with van der Waals surface area (Å²) in [4.78, 5) is 41.6. The molecular formula is C41H55F3N4O6. The summed E-state index contributed by atoms with van der Waals surface area (Å²) in [6.07, 6.45) is 0.482. The van der Waals surface area contributed by atoms with Gasteiger partial charge >= 0.3 is 12.1 Å². The van der Waals surface area contributed by atoms with Crippen molar-refractivity contribution < 1.29 is 42.1 Å². The Kier molecular flexibility index (Phi) is 12.4. The Morgan fingerprint density at radius 3 is 2.15 bits per heavy atom. The maximum absolute atomic E-state index is 13.8. The van der Waals surface area contributed by atoms with E-state index in [9.17, 15) is 32.7 Å². The lowest BCUT2D eigenvalue weighted by Gasteiger charge is -2.51. The predicted molar refractivity (Wildman–Crippen MR) is 195 cm³/mol. The number of alkyl halides is 3. The number of fused-ring (bicyclic) bond motifs is 1. The highest BCUT2D eigenvalue weighted by atomic mass is 19.4. The van der Waals surface area contributed by atoms with Crippen LogP contribution in [0.3, 0.4) is 0 Å².